The topological polar surface area (TPSA) is 81.2 Å². The molecule has 2 heterocycles. The monoisotopic (exact) mass is 292 g/mol. The van der Waals surface area contributed by atoms with E-state index in [0.29, 0.717) is 31.1 Å². The first kappa shape index (κ1) is 13.3. The third-order valence-corrected chi connectivity index (χ3v) is 5.37. The maximum absolute atomic E-state index is 12.6. The van der Waals surface area contributed by atoms with Crippen molar-refractivity contribution >= 4 is 10.0 Å². The molecule has 2 aromatic rings. The van der Waals surface area contributed by atoms with E-state index in [1.54, 1.807) is 30.5 Å². The summed E-state index contributed by atoms with van der Waals surface area (Å²) in [4.78, 5) is 4.48. The normalized spacial score (nSPS) is 16.1. The van der Waals surface area contributed by atoms with Gasteiger partial charge < -0.3 is 10.3 Å². The highest BCUT2D eigenvalue weighted by Crippen LogP contribution is 2.21. The summed E-state index contributed by atoms with van der Waals surface area (Å²) in [5.41, 5.74) is 6.44. The SMILES string of the molecule is NCc1ccc(S(=O)(=O)N2CCn3ccnc3C2)cc1. The Morgan fingerprint density at radius 2 is 1.95 bits per heavy atom. The molecule has 0 saturated carbocycles. The van der Waals surface area contributed by atoms with E-state index in [-0.39, 0.29) is 0 Å². The minimum Gasteiger partial charge on any atom is -0.333 e. The molecule has 0 radical (unpaired) electrons. The van der Waals surface area contributed by atoms with Gasteiger partial charge in [-0.25, -0.2) is 13.4 Å². The number of benzene rings is 1. The van der Waals surface area contributed by atoms with Gasteiger partial charge in [-0.3, -0.25) is 0 Å². The third kappa shape index (κ3) is 2.24. The number of rotatable bonds is 3. The van der Waals surface area contributed by atoms with E-state index >= 15 is 0 Å². The maximum atomic E-state index is 12.6. The Hall–Kier alpha value is -1.70. The Bertz CT molecular complexity index is 706. The lowest BCUT2D eigenvalue weighted by Gasteiger charge is -2.27. The molecule has 1 aliphatic heterocycles. The van der Waals surface area contributed by atoms with E-state index in [1.807, 2.05) is 10.8 Å². The van der Waals surface area contributed by atoms with Gasteiger partial charge in [0.05, 0.1) is 11.4 Å². The number of nitrogens with two attached hydrogens (primary N) is 1. The second kappa shape index (κ2) is 5.01. The van der Waals surface area contributed by atoms with Gasteiger partial charge in [0.25, 0.3) is 0 Å². The van der Waals surface area contributed by atoms with E-state index in [2.05, 4.69) is 4.98 Å². The lowest BCUT2D eigenvalue weighted by molar-refractivity contribution is 0.335. The molecule has 1 aromatic carbocycles. The summed E-state index contributed by atoms with van der Waals surface area (Å²) in [6.45, 7) is 1.81. The van der Waals surface area contributed by atoms with Gasteiger partial charge in [0.15, 0.2) is 0 Å². The number of fused-ring (bicyclic) bond motifs is 1. The highest BCUT2D eigenvalue weighted by molar-refractivity contribution is 7.89. The molecule has 0 unspecified atom stereocenters. The van der Waals surface area contributed by atoms with Crippen LogP contribution in [0, 0.1) is 0 Å². The molecule has 0 fully saturated rings. The summed E-state index contributed by atoms with van der Waals surface area (Å²) in [7, 11) is -3.47. The molecule has 0 bridgehead atoms. The van der Waals surface area contributed by atoms with Gasteiger partial charge in [0, 0.05) is 32.0 Å². The first-order valence-electron chi connectivity index (χ1n) is 6.40. The molecule has 0 aliphatic carbocycles. The molecular weight excluding hydrogens is 276 g/mol. The minimum absolute atomic E-state index is 0.301. The number of hydrogen-bond acceptors (Lipinski definition) is 4. The minimum atomic E-state index is -3.47. The summed E-state index contributed by atoms with van der Waals surface area (Å²) < 4.78 is 28.6. The number of imidazole rings is 1. The zero-order valence-corrected chi connectivity index (χ0v) is 11.8. The molecular formula is C13H16N4O2S. The number of hydrogen-bond donors (Lipinski definition) is 1. The molecule has 106 valence electrons. The Kier molecular flexibility index (Phi) is 3.33. The third-order valence-electron chi connectivity index (χ3n) is 3.51. The van der Waals surface area contributed by atoms with Crippen molar-refractivity contribution in [3.63, 3.8) is 0 Å². The predicted octanol–water partition coefficient (Wildman–Crippen LogP) is 0.546. The summed E-state index contributed by atoms with van der Waals surface area (Å²) in [6.07, 6.45) is 3.57. The molecule has 0 amide bonds. The fourth-order valence-corrected chi connectivity index (χ4v) is 3.69. The highest BCUT2D eigenvalue weighted by atomic mass is 32.2. The Morgan fingerprint density at radius 3 is 2.65 bits per heavy atom. The lowest BCUT2D eigenvalue weighted by Crippen LogP contribution is -2.38. The highest BCUT2D eigenvalue weighted by Gasteiger charge is 2.28. The van der Waals surface area contributed by atoms with Crippen molar-refractivity contribution < 1.29 is 8.42 Å². The van der Waals surface area contributed by atoms with Crippen LogP contribution in [0.3, 0.4) is 0 Å². The quantitative estimate of drug-likeness (QED) is 0.895. The lowest BCUT2D eigenvalue weighted by atomic mass is 10.2. The van der Waals surface area contributed by atoms with Crippen LogP contribution in [-0.4, -0.2) is 28.8 Å². The first-order chi connectivity index (χ1) is 9.61. The zero-order valence-electron chi connectivity index (χ0n) is 10.9. The van der Waals surface area contributed by atoms with E-state index < -0.39 is 10.0 Å². The first-order valence-corrected chi connectivity index (χ1v) is 7.84. The molecule has 3 rings (SSSR count). The van der Waals surface area contributed by atoms with E-state index in [9.17, 15) is 8.42 Å². The van der Waals surface area contributed by atoms with Crippen LogP contribution < -0.4 is 5.73 Å². The van der Waals surface area contributed by atoms with E-state index in [4.69, 9.17) is 5.73 Å². The van der Waals surface area contributed by atoms with E-state index in [1.165, 1.54) is 4.31 Å². The molecule has 6 nitrogen and oxygen atoms in total. The summed E-state index contributed by atoms with van der Waals surface area (Å²) >= 11 is 0. The van der Waals surface area contributed by atoms with Gasteiger partial charge in [-0.1, -0.05) is 12.1 Å². The summed E-state index contributed by atoms with van der Waals surface area (Å²) in [6, 6.07) is 6.72. The average molecular weight is 292 g/mol. The van der Waals surface area contributed by atoms with Crippen molar-refractivity contribution in [2.45, 2.75) is 24.5 Å². The van der Waals surface area contributed by atoms with Crippen LogP contribution in [0.5, 0.6) is 0 Å². The Labute approximate surface area is 117 Å². The van der Waals surface area contributed by atoms with Crippen molar-refractivity contribution in [1.29, 1.82) is 0 Å². The maximum Gasteiger partial charge on any atom is 0.243 e. The van der Waals surface area contributed by atoms with Gasteiger partial charge in [-0.05, 0) is 17.7 Å². The van der Waals surface area contributed by atoms with Crippen molar-refractivity contribution in [1.82, 2.24) is 13.9 Å². The van der Waals surface area contributed by atoms with Crippen LogP contribution in [0.25, 0.3) is 0 Å². The average Bonchev–Trinajstić information content (AvgIpc) is 2.94. The van der Waals surface area contributed by atoms with Crippen LogP contribution in [0.2, 0.25) is 0 Å². The zero-order chi connectivity index (χ0) is 14.2. The van der Waals surface area contributed by atoms with Gasteiger partial charge in [-0.15, -0.1) is 0 Å². The van der Waals surface area contributed by atoms with Gasteiger partial charge in [-0.2, -0.15) is 4.31 Å². The fourth-order valence-electron chi connectivity index (χ4n) is 2.30. The van der Waals surface area contributed by atoms with Gasteiger partial charge in [0.2, 0.25) is 10.0 Å². The molecule has 1 aromatic heterocycles. The molecule has 20 heavy (non-hydrogen) atoms. The fraction of sp³-hybridized carbons (Fsp3) is 0.308. The van der Waals surface area contributed by atoms with Crippen LogP contribution >= 0.6 is 0 Å². The Balaban J connectivity index is 1.88. The van der Waals surface area contributed by atoms with E-state index in [0.717, 1.165) is 11.4 Å². The standard InChI is InChI=1S/C13H16N4O2S/c14-9-11-1-3-12(4-2-11)20(18,19)17-8-7-16-6-5-15-13(16)10-17/h1-6H,7-10,14H2. The molecule has 2 N–H and O–H groups in total. The second-order valence-corrected chi connectivity index (χ2v) is 6.66. The van der Waals surface area contributed by atoms with Crippen LogP contribution in [0.1, 0.15) is 11.4 Å². The van der Waals surface area contributed by atoms with Gasteiger partial charge >= 0.3 is 0 Å². The van der Waals surface area contributed by atoms with Crippen LogP contribution in [0.4, 0.5) is 0 Å². The van der Waals surface area contributed by atoms with Crippen LogP contribution in [-0.2, 0) is 29.7 Å². The van der Waals surface area contributed by atoms with Crippen molar-refractivity contribution in [3.8, 4) is 0 Å². The number of nitrogens with zero attached hydrogens (tertiary/aromatic N) is 3. The molecule has 0 saturated heterocycles. The number of aromatic nitrogens is 2. The summed E-state index contributed by atoms with van der Waals surface area (Å²) in [5.74, 6) is 0.776. The van der Waals surface area contributed by atoms with Crippen molar-refractivity contribution in [2.24, 2.45) is 5.73 Å². The van der Waals surface area contributed by atoms with Crippen molar-refractivity contribution in [2.75, 3.05) is 6.54 Å². The molecule has 1 aliphatic rings. The summed E-state index contributed by atoms with van der Waals surface area (Å²) in [5, 5.41) is 0. The molecule has 0 atom stereocenters. The molecule has 7 heteroatoms. The number of sulfonamides is 1. The van der Waals surface area contributed by atoms with Crippen molar-refractivity contribution in [3.05, 3.63) is 48.0 Å². The smallest absolute Gasteiger partial charge is 0.243 e. The Morgan fingerprint density at radius 1 is 1.20 bits per heavy atom. The van der Waals surface area contributed by atoms with Crippen LogP contribution in [0.15, 0.2) is 41.6 Å². The largest absolute Gasteiger partial charge is 0.333 e. The molecule has 0 spiro atoms. The second-order valence-electron chi connectivity index (χ2n) is 4.72. The van der Waals surface area contributed by atoms with Gasteiger partial charge in [0.1, 0.15) is 5.82 Å². The predicted molar refractivity (Wildman–Crippen MR) is 74.2 cm³/mol.